The molecule has 2 heterocycles. The second kappa shape index (κ2) is 5.87. The molecule has 5 nitrogen and oxygen atoms in total. The van der Waals surface area contributed by atoms with E-state index in [0.717, 1.165) is 25.2 Å². The number of nitrogens with zero attached hydrogens (tertiary/aromatic N) is 2. The number of anilines is 1. The van der Waals surface area contributed by atoms with Crippen molar-refractivity contribution in [2.45, 2.75) is 38.8 Å². The van der Waals surface area contributed by atoms with Gasteiger partial charge in [0, 0.05) is 25.5 Å². The zero-order valence-corrected chi connectivity index (χ0v) is 12.8. The number of carbonyl (C=O) groups excluding carboxylic acids is 1. The van der Waals surface area contributed by atoms with Crippen molar-refractivity contribution in [2.75, 3.05) is 18.0 Å². The second-order valence-electron chi connectivity index (χ2n) is 5.90. The number of nitrogens with one attached hydrogen (secondary N) is 1. The molecule has 0 saturated carbocycles. The van der Waals surface area contributed by atoms with Gasteiger partial charge in [-0.15, -0.1) is 0 Å². The number of hydrogen-bond donors (Lipinski definition) is 1. The van der Waals surface area contributed by atoms with Crippen molar-refractivity contribution in [1.29, 1.82) is 0 Å². The van der Waals surface area contributed by atoms with E-state index in [0.29, 0.717) is 5.02 Å². The smallest absolute Gasteiger partial charge is 0.407 e. The van der Waals surface area contributed by atoms with Crippen molar-refractivity contribution >= 4 is 23.4 Å². The minimum absolute atomic E-state index is 0.0779. The summed E-state index contributed by atoms with van der Waals surface area (Å²) < 4.78 is 5.26. The van der Waals surface area contributed by atoms with Crippen LogP contribution in [0.5, 0.6) is 0 Å². The largest absolute Gasteiger partial charge is 0.444 e. The second-order valence-corrected chi connectivity index (χ2v) is 6.31. The quantitative estimate of drug-likeness (QED) is 0.912. The Morgan fingerprint density at radius 3 is 2.95 bits per heavy atom. The minimum Gasteiger partial charge on any atom is -0.444 e. The fourth-order valence-electron chi connectivity index (χ4n) is 2.20. The van der Waals surface area contributed by atoms with Crippen molar-refractivity contribution in [2.24, 2.45) is 0 Å². The van der Waals surface area contributed by atoms with Gasteiger partial charge in [0.15, 0.2) is 0 Å². The van der Waals surface area contributed by atoms with Gasteiger partial charge in [0.25, 0.3) is 0 Å². The van der Waals surface area contributed by atoms with E-state index in [1.807, 2.05) is 26.8 Å². The number of aromatic nitrogens is 1. The highest BCUT2D eigenvalue weighted by atomic mass is 35.5. The average Bonchev–Trinajstić information content (AvgIpc) is 2.75. The van der Waals surface area contributed by atoms with Crippen molar-refractivity contribution in [3.63, 3.8) is 0 Å². The number of amides is 1. The SMILES string of the molecule is CC(C)(C)OC(=O)N[C@H]1CCN(c2ccncc2Cl)C1. The van der Waals surface area contributed by atoms with E-state index >= 15 is 0 Å². The fraction of sp³-hybridized carbons (Fsp3) is 0.571. The third-order valence-electron chi connectivity index (χ3n) is 3.00. The number of pyridine rings is 1. The molecule has 2 rings (SSSR count). The van der Waals surface area contributed by atoms with Crippen LogP contribution in [0.25, 0.3) is 0 Å². The Kier molecular flexibility index (Phi) is 4.38. The van der Waals surface area contributed by atoms with Crippen LogP contribution < -0.4 is 10.2 Å². The number of alkyl carbamates (subject to hydrolysis) is 1. The molecule has 1 amide bonds. The van der Waals surface area contributed by atoms with Gasteiger partial charge >= 0.3 is 6.09 Å². The zero-order valence-electron chi connectivity index (χ0n) is 12.0. The molecule has 0 radical (unpaired) electrons. The minimum atomic E-state index is -0.475. The third-order valence-corrected chi connectivity index (χ3v) is 3.29. The van der Waals surface area contributed by atoms with Crippen LogP contribution in [0.1, 0.15) is 27.2 Å². The number of rotatable bonds is 2. The average molecular weight is 298 g/mol. The fourth-order valence-corrected chi connectivity index (χ4v) is 2.43. The molecule has 1 N–H and O–H groups in total. The standard InChI is InChI=1S/C14H20ClN3O2/c1-14(2,3)20-13(19)17-10-5-7-18(9-10)12-4-6-16-8-11(12)15/h4,6,8,10H,5,7,9H2,1-3H3,(H,17,19)/t10-/m0/s1. The van der Waals surface area contributed by atoms with Gasteiger partial charge in [0.1, 0.15) is 5.60 Å². The lowest BCUT2D eigenvalue weighted by atomic mass is 10.2. The van der Waals surface area contributed by atoms with Crippen LogP contribution in [0.2, 0.25) is 5.02 Å². The van der Waals surface area contributed by atoms with Crippen LogP contribution in [-0.4, -0.2) is 35.8 Å². The van der Waals surface area contributed by atoms with Gasteiger partial charge in [-0.2, -0.15) is 0 Å². The Balaban J connectivity index is 1.90. The summed E-state index contributed by atoms with van der Waals surface area (Å²) in [4.78, 5) is 17.9. The molecule has 0 spiro atoms. The van der Waals surface area contributed by atoms with Gasteiger partial charge in [-0.3, -0.25) is 4.98 Å². The van der Waals surface area contributed by atoms with Crippen LogP contribution in [0, 0.1) is 0 Å². The summed E-state index contributed by atoms with van der Waals surface area (Å²) in [5, 5.41) is 3.52. The highest BCUT2D eigenvalue weighted by Crippen LogP contribution is 2.27. The lowest BCUT2D eigenvalue weighted by molar-refractivity contribution is 0.0509. The maximum Gasteiger partial charge on any atom is 0.407 e. The molecule has 0 aromatic carbocycles. The molecular formula is C14H20ClN3O2. The van der Waals surface area contributed by atoms with E-state index in [1.54, 1.807) is 12.4 Å². The summed E-state index contributed by atoms with van der Waals surface area (Å²) in [5.74, 6) is 0. The van der Waals surface area contributed by atoms with E-state index in [-0.39, 0.29) is 12.1 Å². The molecule has 6 heteroatoms. The van der Waals surface area contributed by atoms with Crippen LogP contribution in [-0.2, 0) is 4.74 Å². The van der Waals surface area contributed by atoms with Gasteiger partial charge in [-0.1, -0.05) is 11.6 Å². The first-order valence-corrected chi connectivity index (χ1v) is 7.07. The number of ether oxygens (including phenoxy) is 1. The molecule has 0 unspecified atom stereocenters. The maximum atomic E-state index is 11.7. The maximum absolute atomic E-state index is 11.7. The predicted molar refractivity (Wildman–Crippen MR) is 79.2 cm³/mol. The Labute approximate surface area is 124 Å². The summed E-state index contributed by atoms with van der Waals surface area (Å²) >= 11 is 6.13. The molecular weight excluding hydrogens is 278 g/mol. The molecule has 1 saturated heterocycles. The molecule has 0 bridgehead atoms. The lowest BCUT2D eigenvalue weighted by Crippen LogP contribution is -2.40. The summed E-state index contributed by atoms with van der Waals surface area (Å²) in [7, 11) is 0. The Morgan fingerprint density at radius 1 is 1.55 bits per heavy atom. The topological polar surface area (TPSA) is 54.5 Å². The van der Waals surface area contributed by atoms with Crippen molar-refractivity contribution in [1.82, 2.24) is 10.3 Å². The van der Waals surface area contributed by atoms with E-state index < -0.39 is 5.60 Å². The van der Waals surface area contributed by atoms with Gasteiger partial charge in [0.2, 0.25) is 0 Å². The third kappa shape index (κ3) is 4.00. The Morgan fingerprint density at radius 2 is 2.30 bits per heavy atom. The summed E-state index contributed by atoms with van der Waals surface area (Å²) in [6.45, 7) is 7.13. The first-order valence-electron chi connectivity index (χ1n) is 6.69. The molecule has 1 aliphatic heterocycles. The molecule has 1 aromatic heterocycles. The van der Waals surface area contributed by atoms with Crippen molar-refractivity contribution < 1.29 is 9.53 Å². The molecule has 1 fully saturated rings. The van der Waals surface area contributed by atoms with Crippen LogP contribution in [0.4, 0.5) is 10.5 Å². The van der Waals surface area contributed by atoms with Crippen molar-refractivity contribution in [3.05, 3.63) is 23.5 Å². The van der Waals surface area contributed by atoms with E-state index in [4.69, 9.17) is 16.3 Å². The van der Waals surface area contributed by atoms with Gasteiger partial charge < -0.3 is 15.0 Å². The number of halogens is 1. The molecule has 20 heavy (non-hydrogen) atoms. The summed E-state index contributed by atoms with van der Waals surface area (Å²) in [6, 6.07) is 1.96. The molecule has 1 aromatic rings. The molecule has 0 aliphatic carbocycles. The highest BCUT2D eigenvalue weighted by Gasteiger charge is 2.27. The van der Waals surface area contributed by atoms with E-state index in [2.05, 4.69) is 15.2 Å². The first-order chi connectivity index (χ1) is 9.35. The normalized spacial score (nSPS) is 19.0. The van der Waals surface area contributed by atoms with Gasteiger partial charge in [-0.25, -0.2) is 4.79 Å². The Bertz CT molecular complexity index is 488. The predicted octanol–water partition coefficient (Wildman–Crippen LogP) is 2.84. The first kappa shape index (κ1) is 14.9. The molecule has 1 atom stereocenters. The summed E-state index contributed by atoms with van der Waals surface area (Å²) in [6.07, 6.45) is 3.85. The van der Waals surface area contributed by atoms with Crippen LogP contribution in [0.3, 0.4) is 0 Å². The summed E-state index contributed by atoms with van der Waals surface area (Å²) in [5.41, 5.74) is 0.478. The van der Waals surface area contributed by atoms with Gasteiger partial charge in [0.05, 0.1) is 16.8 Å². The number of hydrogen-bond acceptors (Lipinski definition) is 4. The van der Waals surface area contributed by atoms with Gasteiger partial charge in [-0.05, 0) is 33.3 Å². The Hall–Kier alpha value is -1.49. The monoisotopic (exact) mass is 297 g/mol. The van der Waals surface area contributed by atoms with Crippen LogP contribution in [0.15, 0.2) is 18.5 Å². The van der Waals surface area contributed by atoms with Crippen LogP contribution >= 0.6 is 11.6 Å². The van der Waals surface area contributed by atoms with E-state index in [1.165, 1.54) is 0 Å². The number of carbonyl (C=O) groups is 1. The molecule has 110 valence electrons. The molecule has 1 aliphatic rings. The lowest BCUT2D eigenvalue weighted by Gasteiger charge is -2.22. The zero-order chi connectivity index (χ0) is 14.8. The highest BCUT2D eigenvalue weighted by molar-refractivity contribution is 6.33. The van der Waals surface area contributed by atoms with Crippen molar-refractivity contribution in [3.8, 4) is 0 Å². The van der Waals surface area contributed by atoms with E-state index in [9.17, 15) is 4.79 Å².